The van der Waals surface area contributed by atoms with E-state index in [1.54, 1.807) is 31.2 Å². The van der Waals surface area contributed by atoms with Gasteiger partial charge in [0.1, 0.15) is 11.4 Å². The molecule has 0 fully saturated rings. The Kier molecular flexibility index (Phi) is 5.01. The summed E-state index contributed by atoms with van der Waals surface area (Å²) in [4.78, 5) is 23.4. The minimum absolute atomic E-state index is 0.0552. The average Bonchev–Trinajstić information content (AvgIpc) is 3.11. The summed E-state index contributed by atoms with van der Waals surface area (Å²) in [5.74, 6) is -0.00655. The van der Waals surface area contributed by atoms with E-state index < -0.39 is 10.8 Å². The van der Waals surface area contributed by atoms with Crippen molar-refractivity contribution in [2.24, 2.45) is 0 Å². The van der Waals surface area contributed by atoms with Crippen molar-refractivity contribution in [3.63, 3.8) is 0 Å². The van der Waals surface area contributed by atoms with Gasteiger partial charge in [-0.2, -0.15) is 0 Å². The van der Waals surface area contributed by atoms with E-state index in [-0.39, 0.29) is 17.1 Å². The van der Waals surface area contributed by atoms with Gasteiger partial charge in [0.2, 0.25) is 0 Å². The molecule has 0 atom stereocenters. The van der Waals surface area contributed by atoms with Crippen LogP contribution < -0.4 is 5.32 Å². The standard InChI is InChI=1S/C20H17ClN2O4/c1-11-7-8-16(23(25)26)19(12(11)2)22-20(24)18-10-9-17(27-18)14-5-4-6-15(21)13(14)3/h4-10H,1-3H3,(H,22,24). The van der Waals surface area contributed by atoms with Gasteiger partial charge in [0.05, 0.1) is 4.92 Å². The molecule has 1 N–H and O–H groups in total. The van der Waals surface area contributed by atoms with Gasteiger partial charge in [-0.05, 0) is 55.7 Å². The van der Waals surface area contributed by atoms with Gasteiger partial charge >= 0.3 is 0 Å². The van der Waals surface area contributed by atoms with Crippen LogP contribution in [0.2, 0.25) is 5.02 Å². The second kappa shape index (κ2) is 7.25. The highest BCUT2D eigenvalue weighted by Crippen LogP contribution is 2.32. The van der Waals surface area contributed by atoms with Crippen molar-refractivity contribution >= 4 is 28.9 Å². The summed E-state index contributed by atoms with van der Waals surface area (Å²) < 4.78 is 5.67. The molecule has 0 unspecified atom stereocenters. The third-order valence-electron chi connectivity index (χ3n) is 4.51. The minimum atomic E-state index is -0.558. The highest BCUT2D eigenvalue weighted by atomic mass is 35.5. The Morgan fingerprint density at radius 2 is 1.81 bits per heavy atom. The summed E-state index contributed by atoms with van der Waals surface area (Å²) in [6.45, 7) is 5.40. The van der Waals surface area contributed by atoms with Gasteiger partial charge in [-0.1, -0.05) is 29.8 Å². The van der Waals surface area contributed by atoms with Crippen LogP contribution in [-0.4, -0.2) is 10.8 Å². The fraction of sp³-hybridized carbons (Fsp3) is 0.150. The van der Waals surface area contributed by atoms with E-state index in [0.29, 0.717) is 16.3 Å². The number of carbonyl (C=O) groups excluding carboxylic acids is 1. The number of nitro benzene ring substituents is 1. The van der Waals surface area contributed by atoms with Crippen LogP contribution >= 0.6 is 11.6 Å². The van der Waals surface area contributed by atoms with E-state index in [0.717, 1.165) is 16.7 Å². The summed E-state index contributed by atoms with van der Waals surface area (Å²) >= 11 is 6.13. The number of anilines is 1. The number of nitro groups is 1. The normalized spacial score (nSPS) is 10.7. The number of carbonyl (C=O) groups is 1. The topological polar surface area (TPSA) is 85.4 Å². The molecule has 0 spiro atoms. The molecule has 0 saturated heterocycles. The number of furan rings is 1. The van der Waals surface area contributed by atoms with E-state index in [2.05, 4.69) is 5.32 Å². The van der Waals surface area contributed by atoms with Crippen molar-refractivity contribution in [1.29, 1.82) is 0 Å². The molecule has 2 aromatic carbocycles. The molecule has 0 radical (unpaired) electrons. The highest BCUT2D eigenvalue weighted by molar-refractivity contribution is 6.31. The van der Waals surface area contributed by atoms with E-state index in [1.807, 2.05) is 19.9 Å². The van der Waals surface area contributed by atoms with Gasteiger partial charge in [-0.25, -0.2) is 0 Å². The predicted molar refractivity (Wildman–Crippen MR) is 104 cm³/mol. The number of amides is 1. The zero-order chi connectivity index (χ0) is 19.7. The van der Waals surface area contributed by atoms with Gasteiger partial charge in [-0.15, -0.1) is 0 Å². The van der Waals surface area contributed by atoms with Gasteiger partial charge in [0, 0.05) is 16.7 Å². The number of nitrogens with zero attached hydrogens (tertiary/aromatic N) is 1. The number of halogens is 1. The molecule has 0 saturated carbocycles. The maximum atomic E-state index is 12.6. The first-order chi connectivity index (χ1) is 12.8. The Morgan fingerprint density at radius 3 is 2.52 bits per heavy atom. The summed E-state index contributed by atoms with van der Waals surface area (Å²) in [6, 6.07) is 11.6. The second-order valence-electron chi connectivity index (χ2n) is 6.19. The minimum Gasteiger partial charge on any atom is -0.451 e. The second-order valence-corrected chi connectivity index (χ2v) is 6.60. The van der Waals surface area contributed by atoms with Crippen LogP contribution in [0.5, 0.6) is 0 Å². The number of hydrogen-bond donors (Lipinski definition) is 1. The van der Waals surface area contributed by atoms with Crippen LogP contribution in [0.1, 0.15) is 27.2 Å². The van der Waals surface area contributed by atoms with Gasteiger partial charge < -0.3 is 9.73 Å². The molecule has 1 amide bonds. The number of rotatable bonds is 4. The number of benzene rings is 2. The fourth-order valence-corrected chi connectivity index (χ4v) is 2.94. The van der Waals surface area contributed by atoms with Crippen molar-refractivity contribution < 1.29 is 14.1 Å². The maximum absolute atomic E-state index is 12.6. The Hall–Kier alpha value is -3.12. The van der Waals surface area contributed by atoms with Gasteiger partial charge in [0.25, 0.3) is 11.6 Å². The zero-order valence-corrected chi connectivity index (χ0v) is 15.8. The third-order valence-corrected chi connectivity index (χ3v) is 4.92. The van der Waals surface area contributed by atoms with Gasteiger partial charge in [-0.3, -0.25) is 14.9 Å². The largest absolute Gasteiger partial charge is 0.451 e. The average molecular weight is 385 g/mol. The van der Waals surface area contributed by atoms with Crippen molar-refractivity contribution in [1.82, 2.24) is 0 Å². The number of hydrogen-bond acceptors (Lipinski definition) is 4. The summed E-state index contributed by atoms with van der Waals surface area (Å²) in [5.41, 5.74) is 3.09. The molecule has 0 aliphatic carbocycles. The first-order valence-electron chi connectivity index (χ1n) is 8.21. The maximum Gasteiger partial charge on any atom is 0.293 e. The SMILES string of the molecule is Cc1ccc([N+](=O)[O-])c(NC(=O)c2ccc(-c3cccc(Cl)c3C)o2)c1C. The lowest BCUT2D eigenvalue weighted by Gasteiger charge is -2.10. The lowest BCUT2D eigenvalue weighted by molar-refractivity contribution is -0.384. The molecule has 0 bridgehead atoms. The van der Waals surface area contributed by atoms with Crippen LogP contribution in [0.4, 0.5) is 11.4 Å². The van der Waals surface area contributed by atoms with Crippen LogP contribution in [-0.2, 0) is 0 Å². The smallest absolute Gasteiger partial charge is 0.293 e. The summed E-state index contributed by atoms with van der Waals surface area (Å²) in [5, 5.41) is 14.5. The number of nitrogens with one attached hydrogen (secondary N) is 1. The molecule has 1 aromatic heterocycles. The van der Waals surface area contributed by atoms with Crippen LogP contribution in [0.25, 0.3) is 11.3 Å². The lowest BCUT2D eigenvalue weighted by atomic mass is 10.1. The molecule has 3 aromatic rings. The molecule has 1 heterocycles. The molecule has 138 valence electrons. The molecule has 6 nitrogen and oxygen atoms in total. The van der Waals surface area contributed by atoms with Crippen LogP contribution in [0.3, 0.4) is 0 Å². The molecular weight excluding hydrogens is 368 g/mol. The first kappa shape index (κ1) is 18.7. The molecule has 0 aliphatic rings. The molecule has 3 rings (SSSR count). The molecule has 7 heteroatoms. The van der Waals surface area contributed by atoms with Crippen molar-refractivity contribution in [3.05, 3.63) is 80.1 Å². The number of aryl methyl sites for hydroxylation is 1. The van der Waals surface area contributed by atoms with Crippen LogP contribution in [0.15, 0.2) is 46.9 Å². The van der Waals surface area contributed by atoms with E-state index in [9.17, 15) is 14.9 Å². The molecule has 0 aliphatic heterocycles. The molecular formula is C20H17ClN2O4. The Balaban J connectivity index is 1.93. The van der Waals surface area contributed by atoms with Gasteiger partial charge in [0.15, 0.2) is 5.76 Å². The Bertz CT molecular complexity index is 1060. The van der Waals surface area contributed by atoms with Crippen LogP contribution in [0, 0.1) is 30.9 Å². The Morgan fingerprint density at radius 1 is 1.07 bits per heavy atom. The zero-order valence-electron chi connectivity index (χ0n) is 15.0. The van der Waals surface area contributed by atoms with Crippen molar-refractivity contribution in [2.75, 3.05) is 5.32 Å². The third kappa shape index (κ3) is 3.57. The fourth-order valence-electron chi connectivity index (χ4n) is 2.77. The monoisotopic (exact) mass is 384 g/mol. The molecule has 27 heavy (non-hydrogen) atoms. The van der Waals surface area contributed by atoms with Crippen molar-refractivity contribution in [3.8, 4) is 11.3 Å². The summed E-state index contributed by atoms with van der Waals surface area (Å²) in [7, 11) is 0. The van der Waals surface area contributed by atoms with Crippen molar-refractivity contribution in [2.45, 2.75) is 20.8 Å². The quantitative estimate of drug-likeness (QED) is 0.462. The van der Waals surface area contributed by atoms with E-state index in [1.165, 1.54) is 12.1 Å². The van der Waals surface area contributed by atoms with E-state index in [4.69, 9.17) is 16.0 Å². The lowest BCUT2D eigenvalue weighted by Crippen LogP contribution is -2.14. The summed E-state index contributed by atoms with van der Waals surface area (Å²) in [6.07, 6.45) is 0. The first-order valence-corrected chi connectivity index (χ1v) is 8.58. The van der Waals surface area contributed by atoms with E-state index >= 15 is 0 Å². The highest BCUT2D eigenvalue weighted by Gasteiger charge is 2.22. The predicted octanol–water partition coefficient (Wildman–Crippen LogP) is 5.69. The Labute approximate surface area is 160 Å².